The van der Waals surface area contributed by atoms with E-state index >= 15 is 0 Å². The van der Waals surface area contributed by atoms with Crippen molar-refractivity contribution in [3.63, 3.8) is 0 Å². The second-order valence-electron chi connectivity index (χ2n) is 2.94. The second-order valence-corrected chi connectivity index (χ2v) is 4.05. The summed E-state index contributed by atoms with van der Waals surface area (Å²) in [5.74, 6) is 0. The smallest absolute Gasteiger partial charge is 0.100 e. The predicted molar refractivity (Wildman–Crippen MR) is 55.8 cm³/mol. The SMILES string of the molecule is NC[C@@H](O)c1cc2ccccc2s1. The first-order chi connectivity index (χ1) is 6.31. The lowest BCUT2D eigenvalue weighted by Gasteiger charge is -2.01. The van der Waals surface area contributed by atoms with Crippen LogP contribution in [-0.2, 0) is 0 Å². The molecule has 0 aliphatic heterocycles. The topological polar surface area (TPSA) is 46.2 Å². The number of fused-ring (bicyclic) bond motifs is 1. The van der Waals surface area contributed by atoms with Gasteiger partial charge >= 0.3 is 0 Å². The molecule has 13 heavy (non-hydrogen) atoms. The highest BCUT2D eigenvalue weighted by atomic mass is 32.1. The number of rotatable bonds is 2. The second kappa shape index (κ2) is 3.46. The van der Waals surface area contributed by atoms with Crippen molar-refractivity contribution in [2.45, 2.75) is 6.10 Å². The zero-order chi connectivity index (χ0) is 9.26. The van der Waals surface area contributed by atoms with Gasteiger partial charge in [-0.15, -0.1) is 11.3 Å². The van der Waals surface area contributed by atoms with Crippen LogP contribution in [0.3, 0.4) is 0 Å². The number of hydrogen-bond donors (Lipinski definition) is 2. The average molecular weight is 193 g/mol. The third-order valence-corrected chi connectivity index (χ3v) is 3.21. The molecule has 0 bridgehead atoms. The molecule has 0 amide bonds. The average Bonchev–Trinajstić information content (AvgIpc) is 2.59. The van der Waals surface area contributed by atoms with Crippen molar-refractivity contribution in [2.24, 2.45) is 5.73 Å². The molecule has 1 aromatic heterocycles. The van der Waals surface area contributed by atoms with Crippen LogP contribution >= 0.6 is 11.3 Å². The van der Waals surface area contributed by atoms with Gasteiger partial charge in [-0.3, -0.25) is 0 Å². The van der Waals surface area contributed by atoms with Gasteiger partial charge in [-0.2, -0.15) is 0 Å². The van der Waals surface area contributed by atoms with E-state index < -0.39 is 6.10 Å². The number of benzene rings is 1. The highest BCUT2D eigenvalue weighted by molar-refractivity contribution is 7.19. The summed E-state index contributed by atoms with van der Waals surface area (Å²) in [7, 11) is 0. The van der Waals surface area contributed by atoms with Gasteiger partial charge in [0.05, 0.1) is 0 Å². The summed E-state index contributed by atoms with van der Waals surface area (Å²) in [5.41, 5.74) is 5.38. The molecule has 1 heterocycles. The van der Waals surface area contributed by atoms with Crippen molar-refractivity contribution in [3.8, 4) is 0 Å². The largest absolute Gasteiger partial charge is 0.386 e. The lowest BCUT2D eigenvalue weighted by molar-refractivity contribution is 0.190. The molecule has 0 saturated heterocycles. The molecule has 68 valence electrons. The third kappa shape index (κ3) is 1.58. The van der Waals surface area contributed by atoms with E-state index in [9.17, 15) is 5.11 Å². The maximum absolute atomic E-state index is 9.52. The Kier molecular flexibility index (Phi) is 2.31. The molecule has 0 radical (unpaired) electrons. The minimum absolute atomic E-state index is 0.285. The summed E-state index contributed by atoms with van der Waals surface area (Å²) < 4.78 is 1.20. The zero-order valence-corrected chi connectivity index (χ0v) is 7.92. The van der Waals surface area contributed by atoms with Crippen LogP contribution in [0.1, 0.15) is 11.0 Å². The fourth-order valence-electron chi connectivity index (χ4n) is 1.28. The van der Waals surface area contributed by atoms with Crippen LogP contribution in [0.4, 0.5) is 0 Å². The van der Waals surface area contributed by atoms with Crippen LogP contribution in [0.15, 0.2) is 30.3 Å². The number of aliphatic hydroxyl groups excluding tert-OH is 1. The van der Waals surface area contributed by atoms with Gasteiger partial charge in [-0.25, -0.2) is 0 Å². The standard InChI is InChI=1S/C10H11NOS/c11-6-8(12)10-5-7-3-1-2-4-9(7)13-10/h1-5,8,12H,6,11H2/t8-/m1/s1. The number of hydrogen-bond acceptors (Lipinski definition) is 3. The van der Waals surface area contributed by atoms with Crippen LogP contribution in [0.5, 0.6) is 0 Å². The van der Waals surface area contributed by atoms with Crippen LogP contribution in [-0.4, -0.2) is 11.7 Å². The molecular weight excluding hydrogens is 182 g/mol. The lowest BCUT2D eigenvalue weighted by Crippen LogP contribution is -2.09. The van der Waals surface area contributed by atoms with Crippen molar-refractivity contribution in [2.75, 3.05) is 6.54 Å². The Labute approximate surface area is 80.6 Å². The fraction of sp³-hybridized carbons (Fsp3) is 0.200. The van der Waals surface area contributed by atoms with Crippen LogP contribution < -0.4 is 5.73 Å². The van der Waals surface area contributed by atoms with Gasteiger partial charge in [0.15, 0.2) is 0 Å². The molecule has 0 fully saturated rings. The first-order valence-corrected chi connectivity index (χ1v) is 4.99. The fourth-order valence-corrected chi connectivity index (χ4v) is 2.35. The van der Waals surface area contributed by atoms with E-state index in [0.29, 0.717) is 0 Å². The molecule has 2 aromatic rings. The Hall–Kier alpha value is -0.900. The van der Waals surface area contributed by atoms with Gasteiger partial charge in [0.1, 0.15) is 6.10 Å². The molecule has 1 atom stereocenters. The first kappa shape index (κ1) is 8.69. The molecular formula is C10H11NOS. The van der Waals surface area contributed by atoms with Crippen LogP contribution in [0, 0.1) is 0 Å². The maximum atomic E-state index is 9.52. The minimum Gasteiger partial charge on any atom is -0.386 e. The highest BCUT2D eigenvalue weighted by Crippen LogP contribution is 2.29. The summed E-state index contributed by atoms with van der Waals surface area (Å²) in [6.07, 6.45) is -0.516. The molecule has 1 aromatic carbocycles. The quantitative estimate of drug-likeness (QED) is 0.765. The van der Waals surface area contributed by atoms with E-state index in [0.717, 1.165) is 4.88 Å². The Morgan fingerprint density at radius 3 is 2.85 bits per heavy atom. The molecule has 0 unspecified atom stereocenters. The number of thiophene rings is 1. The zero-order valence-electron chi connectivity index (χ0n) is 7.10. The Morgan fingerprint density at radius 2 is 2.15 bits per heavy atom. The molecule has 2 nitrogen and oxygen atoms in total. The van der Waals surface area contributed by atoms with E-state index in [2.05, 4.69) is 0 Å². The van der Waals surface area contributed by atoms with Gasteiger partial charge in [0, 0.05) is 16.1 Å². The van der Waals surface area contributed by atoms with E-state index in [-0.39, 0.29) is 6.54 Å². The maximum Gasteiger partial charge on any atom is 0.100 e. The third-order valence-electron chi connectivity index (χ3n) is 2.00. The van der Waals surface area contributed by atoms with E-state index in [1.807, 2.05) is 30.3 Å². The summed E-state index contributed by atoms with van der Waals surface area (Å²) in [5, 5.41) is 10.7. The van der Waals surface area contributed by atoms with Gasteiger partial charge in [-0.1, -0.05) is 18.2 Å². The van der Waals surface area contributed by atoms with Crippen molar-refractivity contribution in [3.05, 3.63) is 35.2 Å². The Morgan fingerprint density at radius 1 is 1.38 bits per heavy atom. The van der Waals surface area contributed by atoms with Crippen LogP contribution in [0.2, 0.25) is 0 Å². The van der Waals surface area contributed by atoms with E-state index in [4.69, 9.17) is 5.73 Å². The predicted octanol–water partition coefficient (Wildman–Crippen LogP) is 1.89. The molecule has 0 spiro atoms. The minimum atomic E-state index is -0.516. The highest BCUT2D eigenvalue weighted by Gasteiger charge is 2.08. The van der Waals surface area contributed by atoms with Crippen LogP contribution in [0.25, 0.3) is 10.1 Å². The van der Waals surface area contributed by atoms with Gasteiger partial charge < -0.3 is 10.8 Å². The number of nitrogens with two attached hydrogens (primary N) is 1. The molecule has 0 saturated carbocycles. The molecule has 0 aliphatic rings. The summed E-state index contributed by atoms with van der Waals surface area (Å²) in [4.78, 5) is 0.948. The molecule has 0 aliphatic carbocycles. The summed E-state index contributed by atoms with van der Waals surface area (Å²) >= 11 is 1.60. The van der Waals surface area contributed by atoms with Crippen molar-refractivity contribution in [1.82, 2.24) is 0 Å². The van der Waals surface area contributed by atoms with Gasteiger partial charge in [-0.05, 0) is 17.5 Å². The van der Waals surface area contributed by atoms with Crippen molar-refractivity contribution < 1.29 is 5.11 Å². The van der Waals surface area contributed by atoms with Crippen molar-refractivity contribution in [1.29, 1.82) is 0 Å². The summed E-state index contributed by atoms with van der Waals surface area (Å²) in [6.45, 7) is 0.285. The Balaban J connectivity index is 2.49. The van der Waals surface area contributed by atoms with Gasteiger partial charge in [0.2, 0.25) is 0 Å². The molecule has 2 rings (SSSR count). The van der Waals surface area contributed by atoms with Gasteiger partial charge in [0.25, 0.3) is 0 Å². The number of aliphatic hydroxyl groups is 1. The summed E-state index contributed by atoms with van der Waals surface area (Å²) in [6, 6.07) is 10.1. The van der Waals surface area contributed by atoms with E-state index in [1.165, 1.54) is 10.1 Å². The molecule has 3 heteroatoms. The first-order valence-electron chi connectivity index (χ1n) is 4.18. The van der Waals surface area contributed by atoms with E-state index in [1.54, 1.807) is 11.3 Å². The monoisotopic (exact) mass is 193 g/mol. The lowest BCUT2D eigenvalue weighted by atomic mass is 10.2. The molecule has 3 N–H and O–H groups in total. The Bertz CT molecular complexity index is 377. The normalized spacial score (nSPS) is 13.4. The van der Waals surface area contributed by atoms with Crippen molar-refractivity contribution >= 4 is 21.4 Å².